The Hall–Kier alpha value is -4.67. The van der Waals surface area contributed by atoms with Crippen LogP contribution in [-0.4, -0.2) is 112 Å². The molecule has 2 aromatic rings. The van der Waals surface area contributed by atoms with Crippen LogP contribution in [0.25, 0.3) is 0 Å². The largest absolute Gasteiger partial charge is 0.508 e. The molecule has 0 unspecified atom stereocenters. The number of carbonyl (C=O) groups excluding carboxylic acids is 6. The van der Waals surface area contributed by atoms with Crippen molar-refractivity contribution in [3.63, 3.8) is 0 Å². The van der Waals surface area contributed by atoms with Crippen LogP contribution in [-0.2, 0) is 35.2 Å². The van der Waals surface area contributed by atoms with Gasteiger partial charge in [0.1, 0.15) is 36.0 Å². The molecule has 2 fully saturated rings. The van der Waals surface area contributed by atoms with Crippen LogP contribution in [0.15, 0.2) is 59.5 Å². The number of phenols is 1. The van der Waals surface area contributed by atoms with Crippen LogP contribution >= 0.6 is 11.8 Å². The minimum atomic E-state index is -1.15. The summed E-state index contributed by atoms with van der Waals surface area (Å²) in [5, 5.41) is 27.5. The number of hydrogen-bond donors (Lipinski definition) is 8. The quantitative estimate of drug-likeness (QED) is 0.115. The van der Waals surface area contributed by atoms with E-state index in [1.165, 1.54) is 30.8 Å². The average molecular weight is 837 g/mol. The van der Waals surface area contributed by atoms with Crippen molar-refractivity contribution in [1.29, 1.82) is 0 Å². The van der Waals surface area contributed by atoms with Crippen LogP contribution in [0.5, 0.6) is 5.75 Å². The molecule has 2 aliphatic rings. The number of fused-ring (bicyclic) bond motifs is 1. The lowest BCUT2D eigenvalue weighted by molar-refractivity contribution is -0.137. The summed E-state index contributed by atoms with van der Waals surface area (Å²) in [6.45, 7) is 11.6. The van der Waals surface area contributed by atoms with Crippen LogP contribution < -0.4 is 37.6 Å². The van der Waals surface area contributed by atoms with Gasteiger partial charge in [0.05, 0.1) is 12.1 Å². The summed E-state index contributed by atoms with van der Waals surface area (Å²) < 4.78 is 0. The minimum Gasteiger partial charge on any atom is -0.508 e. The Morgan fingerprint density at radius 3 is 2.12 bits per heavy atom. The molecule has 2 aliphatic heterocycles. The number of carbonyl (C=O) groups is 6. The smallest absolute Gasteiger partial charge is 0.243 e. The standard InChI is InChI=1S/C43H64N8O7S/c1-26(2)23-32-40(56)46-31(15-10-11-21-44)38(54)49-34(25-59-30-13-8-7-9-14-30)36(42(58)50-43(4,5)6)51-22-12-16-35(51)41(57)48-33(24-28-17-19-29(52)20-18-28)39(55)45-27(3)37(53)47-32/h7-9,13-14,17-20,26-27,31-36,52H,10-12,15-16,21-25,44H2,1-6H3,(H,45,55)(H,46,56)(H,47,53)(H,48,57)(H,49,54)(H,50,58)/t27-,31+,32-,33+,34+,35+,36+/m1/s1. The lowest BCUT2D eigenvalue weighted by Crippen LogP contribution is -2.66. The van der Waals surface area contributed by atoms with Crippen molar-refractivity contribution in [2.24, 2.45) is 11.7 Å². The highest BCUT2D eigenvalue weighted by atomic mass is 32.2. The van der Waals surface area contributed by atoms with Gasteiger partial charge < -0.3 is 42.7 Å². The maximum absolute atomic E-state index is 14.6. The van der Waals surface area contributed by atoms with Crippen LogP contribution in [0, 0.1) is 5.92 Å². The van der Waals surface area contributed by atoms with Gasteiger partial charge in [0.15, 0.2) is 0 Å². The number of nitrogens with zero attached hydrogens (tertiary/aromatic N) is 1. The number of phenolic OH excluding ortho intramolecular Hbond substituents is 1. The van der Waals surface area contributed by atoms with Gasteiger partial charge in [-0.3, -0.25) is 33.7 Å². The highest BCUT2D eigenvalue weighted by Gasteiger charge is 2.45. The monoisotopic (exact) mass is 836 g/mol. The molecular weight excluding hydrogens is 773 g/mol. The second-order valence-corrected chi connectivity index (χ2v) is 18.1. The topological polar surface area (TPSA) is 224 Å². The van der Waals surface area contributed by atoms with Crippen molar-refractivity contribution < 1.29 is 33.9 Å². The SMILES string of the molecule is CC(C)C[C@H]1NC(=O)[C@@H](C)NC(=O)[C@H](Cc2ccc(O)cc2)NC(=O)[C@@H]2CCCN2[C@H](C(=O)NC(C)(C)C)[C@H](CSc2ccccc2)NC(=O)[C@H](CCCCN)NC1=O. The van der Waals surface area contributed by atoms with Crippen molar-refractivity contribution in [1.82, 2.24) is 36.8 Å². The number of amides is 6. The summed E-state index contributed by atoms with van der Waals surface area (Å²) in [4.78, 5) is 88.1. The van der Waals surface area contributed by atoms with Crippen molar-refractivity contribution in [2.45, 2.75) is 139 Å². The summed E-state index contributed by atoms with van der Waals surface area (Å²) in [6.07, 6.45) is 2.59. The molecule has 2 saturated heterocycles. The number of hydrogen-bond acceptors (Lipinski definition) is 10. The van der Waals surface area contributed by atoms with Crippen molar-refractivity contribution in [2.75, 3.05) is 18.8 Å². The third-order valence-corrected chi connectivity index (χ3v) is 11.4. The molecule has 0 saturated carbocycles. The molecule has 324 valence electrons. The van der Waals surface area contributed by atoms with Gasteiger partial charge in [0, 0.05) is 22.6 Å². The Bertz CT molecular complexity index is 1740. The second-order valence-electron chi connectivity index (χ2n) is 17.0. The fourth-order valence-corrected chi connectivity index (χ4v) is 8.35. The van der Waals surface area contributed by atoms with Gasteiger partial charge in [0.2, 0.25) is 35.4 Å². The van der Waals surface area contributed by atoms with Gasteiger partial charge in [-0.2, -0.15) is 0 Å². The second kappa shape index (κ2) is 22.1. The van der Waals surface area contributed by atoms with Gasteiger partial charge in [0.25, 0.3) is 0 Å². The van der Waals surface area contributed by atoms with Gasteiger partial charge in [-0.05, 0) is 115 Å². The summed E-state index contributed by atoms with van der Waals surface area (Å²) in [6, 6.07) is 8.70. The van der Waals surface area contributed by atoms with Crippen molar-refractivity contribution >= 4 is 47.2 Å². The number of nitrogens with one attached hydrogen (secondary N) is 6. The zero-order chi connectivity index (χ0) is 43.3. The van der Waals surface area contributed by atoms with E-state index in [9.17, 15) is 33.9 Å². The third kappa shape index (κ3) is 14.5. The lowest BCUT2D eigenvalue weighted by Gasteiger charge is -2.39. The number of aromatic hydroxyl groups is 1. The van der Waals surface area contributed by atoms with E-state index in [0.717, 1.165) is 4.90 Å². The van der Waals surface area contributed by atoms with E-state index in [4.69, 9.17) is 5.73 Å². The summed E-state index contributed by atoms with van der Waals surface area (Å²) in [5.41, 5.74) is 5.79. The van der Waals surface area contributed by atoms with E-state index in [2.05, 4.69) is 31.9 Å². The molecule has 0 spiro atoms. The van der Waals surface area contributed by atoms with Gasteiger partial charge in [-0.25, -0.2) is 0 Å². The average Bonchev–Trinajstić information content (AvgIpc) is 3.65. The maximum atomic E-state index is 14.6. The molecule has 4 rings (SSSR count). The molecule has 0 aliphatic carbocycles. The Morgan fingerprint density at radius 2 is 1.47 bits per heavy atom. The van der Waals surface area contributed by atoms with E-state index >= 15 is 0 Å². The zero-order valence-corrected chi connectivity index (χ0v) is 36.0. The Balaban J connectivity index is 1.84. The summed E-state index contributed by atoms with van der Waals surface area (Å²) in [5.74, 6) is -2.95. The van der Waals surface area contributed by atoms with Crippen molar-refractivity contribution in [3.05, 3.63) is 60.2 Å². The number of unbranched alkanes of at least 4 members (excludes halogenated alkanes) is 1. The molecule has 0 aromatic heterocycles. The number of rotatable bonds is 12. The van der Waals surface area contributed by atoms with Gasteiger partial charge >= 0.3 is 0 Å². The maximum Gasteiger partial charge on any atom is 0.243 e. The molecule has 2 heterocycles. The molecule has 59 heavy (non-hydrogen) atoms. The van der Waals surface area contributed by atoms with E-state index in [-0.39, 0.29) is 42.6 Å². The molecular formula is C43H64N8O7S. The fourth-order valence-electron chi connectivity index (χ4n) is 7.37. The Kier molecular flexibility index (Phi) is 17.6. The number of benzene rings is 2. The van der Waals surface area contributed by atoms with E-state index in [1.807, 2.05) is 69.9 Å². The summed E-state index contributed by atoms with van der Waals surface area (Å²) >= 11 is 1.45. The highest BCUT2D eigenvalue weighted by molar-refractivity contribution is 7.99. The Labute approximate surface area is 352 Å². The number of thioether (sulfide) groups is 1. The van der Waals surface area contributed by atoms with Crippen LogP contribution in [0.3, 0.4) is 0 Å². The molecule has 0 radical (unpaired) electrons. The van der Waals surface area contributed by atoms with Crippen LogP contribution in [0.2, 0.25) is 0 Å². The molecule has 9 N–H and O–H groups in total. The van der Waals surface area contributed by atoms with Gasteiger partial charge in [-0.15, -0.1) is 11.8 Å². The van der Waals surface area contributed by atoms with E-state index in [0.29, 0.717) is 44.3 Å². The predicted octanol–water partition coefficient (Wildman–Crippen LogP) is 2.11. The highest BCUT2D eigenvalue weighted by Crippen LogP contribution is 2.27. The third-order valence-electron chi connectivity index (χ3n) is 10.3. The normalized spacial score (nSPS) is 25.4. The van der Waals surface area contributed by atoms with Crippen LogP contribution in [0.4, 0.5) is 0 Å². The van der Waals surface area contributed by atoms with E-state index < -0.39 is 77.4 Å². The predicted molar refractivity (Wildman–Crippen MR) is 228 cm³/mol. The van der Waals surface area contributed by atoms with Gasteiger partial charge in [-0.1, -0.05) is 44.2 Å². The first kappa shape index (κ1) is 47.0. The first-order valence-corrected chi connectivity index (χ1v) is 21.7. The molecule has 6 amide bonds. The zero-order valence-electron chi connectivity index (χ0n) is 35.2. The first-order chi connectivity index (χ1) is 27.9. The molecule has 2 aromatic carbocycles. The molecule has 0 bridgehead atoms. The lowest BCUT2D eigenvalue weighted by atomic mass is 9.99. The molecule has 15 nitrogen and oxygen atoms in total. The number of nitrogens with two attached hydrogens (primary N) is 1. The molecule has 7 atom stereocenters. The first-order valence-electron chi connectivity index (χ1n) is 20.7. The fraction of sp³-hybridized carbons (Fsp3) is 0.581. The summed E-state index contributed by atoms with van der Waals surface area (Å²) in [7, 11) is 0. The molecule has 16 heteroatoms. The van der Waals surface area contributed by atoms with E-state index in [1.54, 1.807) is 12.1 Å². The van der Waals surface area contributed by atoms with Crippen molar-refractivity contribution in [3.8, 4) is 5.75 Å². The Morgan fingerprint density at radius 1 is 0.847 bits per heavy atom. The minimum absolute atomic E-state index is 0.0295. The van der Waals surface area contributed by atoms with Crippen LogP contribution in [0.1, 0.15) is 85.6 Å².